The van der Waals surface area contributed by atoms with Gasteiger partial charge in [-0.3, -0.25) is 4.90 Å². The maximum atomic E-state index is 12.7. The van der Waals surface area contributed by atoms with Crippen LogP contribution in [0.5, 0.6) is 0 Å². The van der Waals surface area contributed by atoms with Crippen LogP contribution in [0.2, 0.25) is 0 Å². The van der Waals surface area contributed by atoms with E-state index in [1.54, 1.807) is 12.0 Å². The Kier molecular flexibility index (Phi) is 10.7. The van der Waals surface area contributed by atoms with Crippen molar-refractivity contribution in [1.29, 1.82) is 0 Å². The molecule has 1 aromatic rings. The standard InChI is InChI=1S/C21H33NO4/c1-6-11-20(26-16-24-5)19(14-17(3)4)22(21(23)25-7-2)15-18-12-9-8-10-13-18/h6,8-13,17,19-20H,7,14-16H2,1-5H3/b11-6-/t19-,20+/m0/s1. The van der Waals surface area contributed by atoms with Crippen molar-refractivity contribution in [3.8, 4) is 0 Å². The summed E-state index contributed by atoms with van der Waals surface area (Å²) in [4.78, 5) is 14.5. The molecular formula is C21H33NO4. The van der Waals surface area contributed by atoms with E-state index in [9.17, 15) is 4.79 Å². The van der Waals surface area contributed by atoms with Crippen LogP contribution >= 0.6 is 0 Å². The summed E-state index contributed by atoms with van der Waals surface area (Å²) in [6.07, 6.45) is 4.13. The summed E-state index contributed by atoms with van der Waals surface area (Å²) in [7, 11) is 1.59. The lowest BCUT2D eigenvalue weighted by molar-refractivity contribution is -0.0834. The number of rotatable bonds is 11. The van der Waals surface area contributed by atoms with Crippen LogP contribution in [0.3, 0.4) is 0 Å². The number of allylic oxidation sites excluding steroid dienone is 1. The topological polar surface area (TPSA) is 48.0 Å². The van der Waals surface area contributed by atoms with E-state index in [-0.39, 0.29) is 25.0 Å². The number of nitrogens with zero attached hydrogens (tertiary/aromatic N) is 1. The van der Waals surface area contributed by atoms with Gasteiger partial charge in [0.15, 0.2) is 0 Å². The highest BCUT2D eigenvalue weighted by Gasteiger charge is 2.32. The summed E-state index contributed by atoms with van der Waals surface area (Å²) >= 11 is 0. The number of benzene rings is 1. The largest absolute Gasteiger partial charge is 0.450 e. The molecule has 1 amide bonds. The highest BCUT2D eigenvalue weighted by atomic mass is 16.7. The second-order valence-electron chi connectivity index (χ2n) is 6.57. The van der Waals surface area contributed by atoms with Crippen LogP contribution < -0.4 is 0 Å². The second-order valence-corrected chi connectivity index (χ2v) is 6.57. The SMILES string of the molecule is C/C=C\[C@@H](OCOC)[C@H](CC(C)C)N(Cc1ccccc1)C(=O)OCC. The Morgan fingerprint density at radius 1 is 1.23 bits per heavy atom. The highest BCUT2D eigenvalue weighted by Crippen LogP contribution is 2.22. The molecule has 0 saturated heterocycles. The number of carbonyl (C=O) groups is 1. The number of ether oxygens (including phenoxy) is 3. The molecule has 0 N–H and O–H groups in total. The van der Waals surface area contributed by atoms with Crippen molar-refractivity contribution in [2.24, 2.45) is 5.92 Å². The number of carbonyl (C=O) groups excluding carboxylic acids is 1. The van der Waals surface area contributed by atoms with E-state index in [2.05, 4.69) is 13.8 Å². The van der Waals surface area contributed by atoms with E-state index in [0.29, 0.717) is 19.1 Å². The third kappa shape index (κ3) is 7.58. The normalized spacial score (nSPS) is 13.8. The molecule has 0 aromatic heterocycles. The monoisotopic (exact) mass is 363 g/mol. The van der Waals surface area contributed by atoms with Crippen LogP contribution in [-0.2, 0) is 20.8 Å². The zero-order valence-corrected chi connectivity index (χ0v) is 16.7. The average molecular weight is 363 g/mol. The molecule has 0 unspecified atom stereocenters. The third-order valence-corrected chi connectivity index (χ3v) is 3.95. The number of methoxy groups -OCH3 is 1. The Hall–Kier alpha value is -1.85. The van der Waals surface area contributed by atoms with Crippen molar-refractivity contribution < 1.29 is 19.0 Å². The molecule has 5 nitrogen and oxygen atoms in total. The van der Waals surface area contributed by atoms with Crippen LogP contribution in [0.4, 0.5) is 4.79 Å². The van der Waals surface area contributed by atoms with Crippen molar-refractivity contribution in [2.75, 3.05) is 20.5 Å². The molecule has 0 saturated carbocycles. The van der Waals surface area contributed by atoms with E-state index in [0.717, 1.165) is 12.0 Å². The quantitative estimate of drug-likeness (QED) is 0.425. The Balaban J connectivity index is 3.17. The third-order valence-electron chi connectivity index (χ3n) is 3.95. The molecule has 0 heterocycles. The summed E-state index contributed by atoms with van der Waals surface area (Å²) in [5.41, 5.74) is 1.06. The molecule has 0 aliphatic carbocycles. The summed E-state index contributed by atoms with van der Waals surface area (Å²) < 4.78 is 16.3. The van der Waals surface area contributed by atoms with Gasteiger partial charge in [0.2, 0.25) is 0 Å². The minimum Gasteiger partial charge on any atom is -0.450 e. The lowest BCUT2D eigenvalue weighted by Crippen LogP contribution is -2.48. The summed E-state index contributed by atoms with van der Waals surface area (Å²) in [5.74, 6) is 0.395. The van der Waals surface area contributed by atoms with Crippen LogP contribution in [0.25, 0.3) is 0 Å². The minimum absolute atomic E-state index is 0.152. The average Bonchev–Trinajstić information content (AvgIpc) is 2.62. The lowest BCUT2D eigenvalue weighted by Gasteiger charge is -2.36. The predicted octanol–water partition coefficient (Wildman–Crippen LogP) is 4.63. The van der Waals surface area contributed by atoms with Gasteiger partial charge in [-0.05, 0) is 31.7 Å². The van der Waals surface area contributed by atoms with Crippen LogP contribution in [0.15, 0.2) is 42.5 Å². The highest BCUT2D eigenvalue weighted by molar-refractivity contribution is 5.68. The zero-order chi connectivity index (χ0) is 19.4. The molecule has 0 radical (unpaired) electrons. The van der Waals surface area contributed by atoms with Gasteiger partial charge in [-0.25, -0.2) is 4.79 Å². The first-order chi connectivity index (χ1) is 12.5. The van der Waals surface area contributed by atoms with Gasteiger partial charge in [0.1, 0.15) is 6.79 Å². The molecule has 146 valence electrons. The summed E-state index contributed by atoms with van der Waals surface area (Å²) in [5, 5.41) is 0. The van der Waals surface area contributed by atoms with Crippen molar-refractivity contribution in [1.82, 2.24) is 4.90 Å². The van der Waals surface area contributed by atoms with Crippen LogP contribution in [-0.4, -0.2) is 43.6 Å². The fourth-order valence-electron chi connectivity index (χ4n) is 2.86. The maximum Gasteiger partial charge on any atom is 0.410 e. The molecule has 1 aromatic carbocycles. The van der Waals surface area contributed by atoms with Gasteiger partial charge in [0.25, 0.3) is 0 Å². The van der Waals surface area contributed by atoms with E-state index in [1.807, 2.05) is 56.3 Å². The molecule has 1 rings (SSSR count). The minimum atomic E-state index is -0.322. The molecule has 0 bridgehead atoms. The van der Waals surface area contributed by atoms with Crippen molar-refractivity contribution in [3.05, 3.63) is 48.0 Å². The second kappa shape index (κ2) is 12.5. The summed E-state index contributed by atoms with van der Waals surface area (Å²) in [6, 6.07) is 9.79. The predicted molar refractivity (Wildman–Crippen MR) is 104 cm³/mol. The Morgan fingerprint density at radius 3 is 2.46 bits per heavy atom. The van der Waals surface area contributed by atoms with Gasteiger partial charge >= 0.3 is 6.09 Å². The molecule has 0 spiro atoms. The van der Waals surface area contributed by atoms with Gasteiger partial charge < -0.3 is 14.2 Å². The summed E-state index contributed by atoms with van der Waals surface area (Å²) in [6.45, 7) is 9.03. The first-order valence-corrected chi connectivity index (χ1v) is 9.24. The Bertz CT molecular complexity index is 530. The van der Waals surface area contributed by atoms with Crippen molar-refractivity contribution >= 4 is 6.09 Å². The van der Waals surface area contributed by atoms with Gasteiger partial charge in [-0.2, -0.15) is 0 Å². The molecule has 0 fully saturated rings. The smallest absolute Gasteiger partial charge is 0.410 e. The molecule has 0 aliphatic rings. The van der Waals surface area contributed by atoms with Crippen molar-refractivity contribution in [3.63, 3.8) is 0 Å². The number of hydrogen-bond donors (Lipinski definition) is 0. The van der Waals surface area contributed by atoms with E-state index >= 15 is 0 Å². The Labute approximate surface area is 157 Å². The molecule has 26 heavy (non-hydrogen) atoms. The van der Waals surface area contributed by atoms with Gasteiger partial charge in [0, 0.05) is 13.7 Å². The zero-order valence-electron chi connectivity index (χ0n) is 16.7. The fourth-order valence-corrected chi connectivity index (χ4v) is 2.86. The van der Waals surface area contributed by atoms with Gasteiger partial charge in [0.05, 0.1) is 18.8 Å². The van der Waals surface area contributed by atoms with Crippen molar-refractivity contribution in [2.45, 2.75) is 52.8 Å². The molecular weight excluding hydrogens is 330 g/mol. The molecule has 0 aliphatic heterocycles. The number of hydrogen-bond acceptors (Lipinski definition) is 4. The maximum absolute atomic E-state index is 12.7. The van der Waals surface area contributed by atoms with E-state index in [1.165, 1.54) is 0 Å². The molecule has 2 atom stereocenters. The Morgan fingerprint density at radius 2 is 1.92 bits per heavy atom. The van der Waals surface area contributed by atoms with E-state index in [4.69, 9.17) is 14.2 Å². The first kappa shape index (κ1) is 22.2. The van der Waals surface area contributed by atoms with Gasteiger partial charge in [-0.1, -0.05) is 56.3 Å². The first-order valence-electron chi connectivity index (χ1n) is 9.24. The number of amides is 1. The van der Waals surface area contributed by atoms with Crippen LogP contribution in [0.1, 0.15) is 39.7 Å². The van der Waals surface area contributed by atoms with E-state index < -0.39 is 0 Å². The molecule has 5 heteroatoms. The lowest BCUT2D eigenvalue weighted by atomic mass is 9.96. The van der Waals surface area contributed by atoms with Gasteiger partial charge in [-0.15, -0.1) is 0 Å². The fraction of sp³-hybridized carbons (Fsp3) is 0.571. The van der Waals surface area contributed by atoms with Crippen LogP contribution in [0, 0.1) is 5.92 Å².